The number of aromatic nitrogens is 2. The van der Waals surface area contributed by atoms with E-state index >= 15 is 0 Å². The first kappa shape index (κ1) is 14.2. The van der Waals surface area contributed by atoms with Crippen molar-refractivity contribution in [3.8, 4) is 0 Å². The molecule has 1 heterocycles. The maximum Gasteiger partial charge on any atom is 0.326 e. The minimum Gasteiger partial charge on any atom is -0.396 e. The molecule has 100 valence electrons. The first-order valence-electron chi connectivity index (χ1n) is 5.75. The number of hydrogen-bond donors (Lipinski definition) is 4. The predicted molar refractivity (Wildman–Crippen MR) is 65.5 cm³/mol. The van der Waals surface area contributed by atoms with E-state index in [0.717, 1.165) is 18.9 Å². The van der Waals surface area contributed by atoms with Crippen LogP contribution in [0.2, 0.25) is 0 Å². The van der Waals surface area contributed by atoms with E-state index in [1.165, 1.54) is 0 Å². The molecule has 7 nitrogen and oxygen atoms in total. The summed E-state index contributed by atoms with van der Waals surface area (Å²) in [6.45, 7) is 2.46. The van der Waals surface area contributed by atoms with Crippen molar-refractivity contribution >= 4 is 5.91 Å². The third-order valence-corrected chi connectivity index (χ3v) is 2.48. The third kappa shape index (κ3) is 4.54. The Hall–Kier alpha value is -1.89. The molecule has 4 N–H and O–H groups in total. The van der Waals surface area contributed by atoms with E-state index in [1.807, 2.05) is 11.9 Å². The van der Waals surface area contributed by atoms with Crippen LogP contribution in [0.15, 0.2) is 15.7 Å². The number of aromatic amines is 2. The Morgan fingerprint density at radius 2 is 2.17 bits per heavy atom. The standard InChI is InChI=1S/C11H17N3O4/c1-7(6-15)3-2-4-12-10(17)8-5-9(16)14-11(18)13-8/h5,7,15H,2-4,6H2,1H3,(H,12,17)(H2,13,14,16,18). The van der Waals surface area contributed by atoms with Crippen molar-refractivity contribution in [1.29, 1.82) is 0 Å². The van der Waals surface area contributed by atoms with Gasteiger partial charge in [0, 0.05) is 19.2 Å². The van der Waals surface area contributed by atoms with Crippen molar-refractivity contribution < 1.29 is 9.90 Å². The minimum absolute atomic E-state index is 0.0565. The summed E-state index contributed by atoms with van der Waals surface area (Å²) in [6.07, 6.45) is 1.52. The molecule has 0 spiro atoms. The van der Waals surface area contributed by atoms with Gasteiger partial charge in [0.05, 0.1) is 0 Å². The van der Waals surface area contributed by atoms with E-state index in [0.29, 0.717) is 6.54 Å². The van der Waals surface area contributed by atoms with Gasteiger partial charge in [-0.15, -0.1) is 0 Å². The summed E-state index contributed by atoms with van der Waals surface area (Å²) in [5.41, 5.74) is -1.38. The van der Waals surface area contributed by atoms with Gasteiger partial charge in [0.25, 0.3) is 11.5 Å². The largest absolute Gasteiger partial charge is 0.396 e. The second kappa shape index (κ2) is 6.75. The fraction of sp³-hybridized carbons (Fsp3) is 0.545. The molecule has 7 heteroatoms. The van der Waals surface area contributed by atoms with Crippen molar-refractivity contribution in [2.45, 2.75) is 19.8 Å². The lowest BCUT2D eigenvalue weighted by Crippen LogP contribution is -2.31. The van der Waals surface area contributed by atoms with Crippen LogP contribution in [-0.4, -0.2) is 34.1 Å². The van der Waals surface area contributed by atoms with Gasteiger partial charge in [0.1, 0.15) is 5.69 Å². The lowest BCUT2D eigenvalue weighted by Gasteiger charge is -2.08. The van der Waals surface area contributed by atoms with E-state index < -0.39 is 17.2 Å². The molecular formula is C11H17N3O4. The number of aliphatic hydroxyl groups excluding tert-OH is 1. The van der Waals surface area contributed by atoms with E-state index in [2.05, 4.69) is 10.3 Å². The zero-order valence-corrected chi connectivity index (χ0v) is 10.2. The van der Waals surface area contributed by atoms with Gasteiger partial charge < -0.3 is 15.4 Å². The van der Waals surface area contributed by atoms with Crippen molar-refractivity contribution in [2.75, 3.05) is 13.2 Å². The smallest absolute Gasteiger partial charge is 0.326 e. The molecule has 0 radical (unpaired) electrons. The zero-order chi connectivity index (χ0) is 13.5. The number of aliphatic hydroxyl groups is 1. The van der Waals surface area contributed by atoms with Crippen LogP contribution in [0.5, 0.6) is 0 Å². The normalized spacial score (nSPS) is 12.1. The molecular weight excluding hydrogens is 238 g/mol. The van der Waals surface area contributed by atoms with E-state index in [4.69, 9.17) is 5.11 Å². The monoisotopic (exact) mass is 255 g/mol. The molecule has 0 aliphatic heterocycles. The van der Waals surface area contributed by atoms with Crippen molar-refractivity contribution in [1.82, 2.24) is 15.3 Å². The number of hydrogen-bond acceptors (Lipinski definition) is 4. The summed E-state index contributed by atoms with van der Waals surface area (Å²) in [5.74, 6) is -0.295. The minimum atomic E-state index is -0.707. The summed E-state index contributed by atoms with van der Waals surface area (Å²) in [4.78, 5) is 37.8. The van der Waals surface area contributed by atoms with Crippen LogP contribution < -0.4 is 16.6 Å². The Morgan fingerprint density at radius 3 is 2.78 bits per heavy atom. The van der Waals surface area contributed by atoms with Crippen LogP contribution in [0.4, 0.5) is 0 Å². The van der Waals surface area contributed by atoms with E-state index in [-0.39, 0.29) is 18.2 Å². The first-order valence-corrected chi connectivity index (χ1v) is 5.75. The van der Waals surface area contributed by atoms with Crippen LogP contribution in [0.1, 0.15) is 30.3 Å². The molecule has 1 rings (SSSR count). The Kier molecular flexibility index (Phi) is 5.31. The Balaban J connectivity index is 2.46. The van der Waals surface area contributed by atoms with Gasteiger partial charge in [-0.25, -0.2) is 4.79 Å². The molecule has 0 saturated heterocycles. The number of carbonyl (C=O) groups excluding carboxylic acids is 1. The molecule has 0 fully saturated rings. The Morgan fingerprint density at radius 1 is 1.44 bits per heavy atom. The summed E-state index contributed by atoms with van der Waals surface area (Å²) >= 11 is 0. The van der Waals surface area contributed by atoms with Crippen LogP contribution >= 0.6 is 0 Å². The summed E-state index contributed by atoms with van der Waals surface area (Å²) in [6, 6.07) is 1.03. The Bertz CT molecular complexity index is 477. The number of amides is 1. The highest BCUT2D eigenvalue weighted by Crippen LogP contribution is 2.02. The highest BCUT2D eigenvalue weighted by molar-refractivity contribution is 5.91. The number of H-pyrrole nitrogens is 2. The number of rotatable bonds is 6. The summed E-state index contributed by atoms with van der Waals surface area (Å²) in [7, 11) is 0. The predicted octanol–water partition coefficient (Wildman–Crippen LogP) is -0.798. The molecule has 1 aromatic heterocycles. The van der Waals surface area contributed by atoms with Gasteiger partial charge in [-0.1, -0.05) is 6.92 Å². The lowest BCUT2D eigenvalue weighted by atomic mass is 10.1. The fourth-order valence-corrected chi connectivity index (χ4v) is 1.43. The highest BCUT2D eigenvalue weighted by atomic mass is 16.3. The van der Waals surface area contributed by atoms with Crippen LogP contribution in [-0.2, 0) is 0 Å². The van der Waals surface area contributed by atoms with Gasteiger partial charge in [-0.3, -0.25) is 14.6 Å². The van der Waals surface area contributed by atoms with Crippen LogP contribution in [0, 0.1) is 5.92 Å². The second-order valence-electron chi connectivity index (χ2n) is 4.19. The van der Waals surface area contributed by atoms with Crippen LogP contribution in [0.25, 0.3) is 0 Å². The first-order chi connectivity index (χ1) is 8.52. The molecule has 1 atom stereocenters. The van der Waals surface area contributed by atoms with Crippen molar-refractivity contribution in [2.24, 2.45) is 5.92 Å². The van der Waals surface area contributed by atoms with Crippen LogP contribution in [0.3, 0.4) is 0 Å². The van der Waals surface area contributed by atoms with Gasteiger partial charge in [0.15, 0.2) is 0 Å². The number of nitrogens with one attached hydrogen (secondary N) is 3. The molecule has 18 heavy (non-hydrogen) atoms. The molecule has 0 saturated carbocycles. The average Bonchev–Trinajstić information content (AvgIpc) is 2.32. The maximum absolute atomic E-state index is 11.6. The molecule has 1 amide bonds. The summed E-state index contributed by atoms with van der Waals surface area (Å²) < 4.78 is 0. The molecule has 1 aromatic rings. The highest BCUT2D eigenvalue weighted by Gasteiger charge is 2.07. The summed E-state index contributed by atoms with van der Waals surface area (Å²) in [5, 5.41) is 11.4. The van der Waals surface area contributed by atoms with Crippen molar-refractivity contribution in [3.05, 3.63) is 32.6 Å². The number of carbonyl (C=O) groups is 1. The van der Waals surface area contributed by atoms with Crippen molar-refractivity contribution in [3.63, 3.8) is 0 Å². The lowest BCUT2D eigenvalue weighted by molar-refractivity contribution is 0.0946. The van der Waals surface area contributed by atoms with Gasteiger partial charge >= 0.3 is 5.69 Å². The third-order valence-electron chi connectivity index (χ3n) is 2.48. The fourth-order valence-electron chi connectivity index (χ4n) is 1.43. The van der Waals surface area contributed by atoms with Gasteiger partial charge in [-0.2, -0.15) is 0 Å². The zero-order valence-electron chi connectivity index (χ0n) is 10.2. The SMILES string of the molecule is CC(CO)CCCNC(=O)c1cc(=O)[nH]c(=O)[nH]1. The molecule has 0 aromatic carbocycles. The maximum atomic E-state index is 11.6. The van der Waals surface area contributed by atoms with Gasteiger partial charge in [0.2, 0.25) is 0 Å². The molecule has 0 bridgehead atoms. The Labute approximate surface area is 103 Å². The topological polar surface area (TPSA) is 115 Å². The molecule has 0 aliphatic carbocycles. The molecule has 0 aliphatic rings. The molecule has 1 unspecified atom stereocenters. The second-order valence-corrected chi connectivity index (χ2v) is 4.19. The average molecular weight is 255 g/mol. The van der Waals surface area contributed by atoms with E-state index in [9.17, 15) is 14.4 Å². The van der Waals surface area contributed by atoms with E-state index in [1.54, 1.807) is 0 Å². The quantitative estimate of drug-likeness (QED) is 0.498. The van der Waals surface area contributed by atoms with Gasteiger partial charge in [-0.05, 0) is 18.8 Å².